The minimum Gasteiger partial charge on any atom is -0.489 e. The second-order valence-electron chi connectivity index (χ2n) is 5.56. The quantitative estimate of drug-likeness (QED) is 0.678. The van der Waals surface area contributed by atoms with Crippen LogP contribution in [0.1, 0.15) is 24.0 Å². The van der Waals surface area contributed by atoms with Crippen molar-refractivity contribution in [3.63, 3.8) is 0 Å². The van der Waals surface area contributed by atoms with Crippen LogP contribution in [0, 0.1) is 0 Å². The van der Waals surface area contributed by atoms with Gasteiger partial charge in [-0.25, -0.2) is 0 Å². The van der Waals surface area contributed by atoms with Crippen LogP contribution in [0.25, 0.3) is 0 Å². The highest BCUT2D eigenvalue weighted by Gasteiger charge is 2.15. The zero-order chi connectivity index (χ0) is 16.2. The topological polar surface area (TPSA) is 12.5 Å². The molecule has 1 fully saturated rings. The van der Waals surface area contributed by atoms with Gasteiger partial charge in [0, 0.05) is 18.7 Å². The van der Waals surface area contributed by atoms with Crippen LogP contribution in [0.4, 0.5) is 0 Å². The van der Waals surface area contributed by atoms with Crippen LogP contribution < -0.4 is 4.74 Å². The van der Waals surface area contributed by atoms with Crippen LogP contribution in [-0.2, 0) is 6.61 Å². The Balaban J connectivity index is 1.60. The number of thiocarbonyl (C=S) groups is 1. The third kappa shape index (κ3) is 4.17. The summed E-state index contributed by atoms with van der Waals surface area (Å²) in [5.74, 6) is 0.809. The van der Waals surface area contributed by atoms with Crippen molar-refractivity contribution in [1.82, 2.24) is 4.90 Å². The molecule has 1 saturated heterocycles. The highest BCUT2D eigenvalue weighted by molar-refractivity contribution is 7.80. The molecule has 0 unspecified atom stereocenters. The Kier molecular flexibility index (Phi) is 5.42. The largest absolute Gasteiger partial charge is 0.489 e. The van der Waals surface area contributed by atoms with Crippen LogP contribution in [0.3, 0.4) is 0 Å². The Morgan fingerprint density at radius 1 is 1.00 bits per heavy atom. The van der Waals surface area contributed by atoms with Crippen molar-refractivity contribution in [2.75, 3.05) is 13.1 Å². The standard InChI is InChI=1S/C18H17Cl2NOS/c19-16-8-3-13(11-17(16)20)12-22-15-6-4-14(5-7-15)18(23)21-9-1-2-10-21/h3-8,11H,1-2,9-10,12H2. The molecule has 1 aliphatic rings. The van der Waals surface area contributed by atoms with Crippen LogP contribution in [-0.4, -0.2) is 23.0 Å². The predicted octanol–water partition coefficient (Wildman–Crippen LogP) is 5.34. The molecule has 0 bridgehead atoms. The average Bonchev–Trinajstić information content (AvgIpc) is 3.10. The van der Waals surface area contributed by atoms with E-state index in [0.29, 0.717) is 16.7 Å². The van der Waals surface area contributed by atoms with E-state index in [1.165, 1.54) is 12.8 Å². The van der Waals surface area contributed by atoms with Gasteiger partial charge in [0.15, 0.2) is 0 Å². The Hall–Kier alpha value is -1.29. The number of halogens is 2. The monoisotopic (exact) mass is 365 g/mol. The summed E-state index contributed by atoms with van der Waals surface area (Å²) in [6.45, 7) is 2.58. The fourth-order valence-electron chi connectivity index (χ4n) is 2.59. The van der Waals surface area contributed by atoms with Crippen LogP contribution in [0.5, 0.6) is 5.75 Å². The van der Waals surface area contributed by atoms with Gasteiger partial charge in [0.2, 0.25) is 0 Å². The maximum Gasteiger partial charge on any atom is 0.119 e. The third-order valence-corrected chi connectivity index (χ3v) is 5.12. The number of benzene rings is 2. The minimum atomic E-state index is 0.451. The summed E-state index contributed by atoms with van der Waals surface area (Å²) in [6.07, 6.45) is 2.45. The number of hydrogen-bond acceptors (Lipinski definition) is 2. The molecule has 23 heavy (non-hydrogen) atoms. The lowest BCUT2D eigenvalue weighted by molar-refractivity contribution is 0.306. The second-order valence-corrected chi connectivity index (χ2v) is 6.76. The van der Waals surface area contributed by atoms with Crippen molar-refractivity contribution in [1.29, 1.82) is 0 Å². The first-order chi connectivity index (χ1) is 11.1. The van der Waals surface area contributed by atoms with Gasteiger partial charge >= 0.3 is 0 Å². The molecule has 0 radical (unpaired) electrons. The van der Waals surface area contributed by atoms with Crippen molar-refractivity contribution in [2.24, 2.45) is 0 Å². The molecule has 3 rings (SSSR count). The second kappa shape index (κ2) is 7.52. The Labute approximate surface area is 152 Å². The Morgan fingerprint density at radius 2 is 1.70 bits per heavy atom. The highest BCUT2D eigenvalue weighted by Crippen LogP contribution is 2.24. The molecular formula is C18H17Cl2NOS. The summed E-state index contributed by atoms with van der Waals surface area (Å²) < 4.78 is 5.79. The van der Waals surface area contributed by atoms with E-state index < -0.39 is 0 Å². The van der Waals surface area contributed by atoms with Crippen LogP contribution in [0.15, 0.2) is 42.5 Å². The molecule has 120 valence electrons. The van der Waals surface area contributed by atoms with Gasteiger partial charge < -0.3 is 9.64 Å². The summed E-state index contributed by atoms with van der Waals surface area (Å²) in [5, 5.41) is 1.09. The van der Waals surface area contributed by atoms with E-state index in [-0.39, 0.29) is 0 Å². The molecular weight excluding hydrogens is 349 g/mol. The molecule has 5 heteroatoms. The first-order valence-corrected chi connectivity index (χ1v) is 8.76. The van der Waals surface area contributed by atoms with Crippen LogP contribution in [0.2, 0.25) is 10.0 Å². The van der Waals surface area contributed by atoms with E-state index in [0.717, 1.165) is 35.0 Å². The molecule has 0 aliphatic carbocycles. The molecule has 0 atom stereocenters. The zero-order valence-electron chi connectivity index (χ0n) is 12.6. The number of nitrogens with zero attached hydrogens (tertiary/aromatic N) is 1. The zero-order valence-corrected chi connectivity index (χ0v) is 14.9. The molecule has 2 nitrogen and oxygen atoms in total. The van der Waals surface area contributed by atoms with E-state index >= 15 is 0 Å². The van der Waals surface area contributed by atoms with Crippen molar-refractivity contribution < 1.29 is 4.74 Å². The van der Waals surface area contributed by atoms with Gasteiger partial charge in [-0.05, 0) is 54.8 Å². The SMILES string of the molecule is S=C(c1ccc(OCc2ccc(Cl)c(Cl)c2)cc1)N1CCCC1. The molecule has 0 amide bonds. The highest BCUT2D eigenvalue weighted by atomic mass is 35.5. The summed E-state index contributed by atoms with van der Waals surface area (Å²) in [4.78, 5) is 3.19. The van der Waals surface area contributed by atoms with Crippen molar-refractivity contribution in [3.05, 3.63) is 63.6 Å². The van der Waals surface area contributed by atoms with Gasteiger partial charge in [-0.1, -0.05) is 41.5 Å². The van der Waals surface area contributed by atoms with Crippen LogP contribution >= 0.6 is 35.4 Å². The average molecular weight is 366 g/mol. The van der Waals surface area contributed by atoms with Crippen molar-refractivity contribution in [2.45, 2.75) is 19.4 Å². The summed E-state index contributed by atoms with van der Waals surface area (Å²) in [6, 6.07) is 13.5. The predicted molar refractivity (Wildman–Crippen MR) is 99.7 cm³/mol. The first-order valence-electron chi connectivity index (χ1n) is 7.59. The van der Waals surface area contributed by atoms with E-state index in [4.69, 9.17) is 40.2 Å². The third-order valence-electron chi connectivity index (χ3n) is 3.88. The summed E-state index contributed by atoms with van der Waals surface area (Å²) in [5.41, 5.74) is 2.06. The Morgan fingerprint density at radius 3 is 2.35 bits per heavy atom. The summed E-state index contributed by atoms with van der Waals surface area (Å²) >= 11 is 17.5. The molecule has 2 aromatic carbocycles. The number of rotatable bonds is 4. The van der Waals surface area contributed by atoms with E-state index in [1.807, 2.05) is 36.4 Å². The van der Waals surface area contributed by atoms with Crippen molar-refractivity contribution in [3.8, 4) is 5.75 Å². The molecule has 1 aliphatic heterocycles. The van der Waals surface area contributed by atoms with E-state index in [1.54, 1.807) is 6.07 Å². The lowest BCUT2D eigenvalue weighted by Crippen LogP contribution is -2.26. The number of ether oxygens (including phenoxy) is 1. The van der Waals surface area contributed by atoms with Gasteiger partial charge in [-0.2, -0.15) is 0 Å². The van der Waals surface area contributed by atoms with E-state index in [9.17, 15) is 0 Å². The minimum absolute atomic E-state index is 0.451. The fraction of sp³-hybridized carbons (Fsp3) is 0.278. The lowest BCUT2D eigenvalue weighted by atomic mass is 10.2. The lowest BCUT2D eigenvalue weighted by Gasteiger charge is -2.18. The van der Waals surface area contributed by atoms with Gasteiger partial charge in [0.25, 0.3) is 0 Å². The molecule has 0 saturated carbocycles. The summed E-state index contributed by atoms with van der Waals surface area (Å²) in [7, 11) is 0. The molecule has 0 aromatic heterocycles. The molecule has 2 aromatic rings. The van der Waals surface area contributed by atoms with E-state index in [2.05, 4.69) is 4.90 Å². The van der Waals surface area contributed by atoms with Gasteiger partial charge in [0.05, 0.1) is 10.0 Å². The molecule has 0 N–H and O–H groups in total. The Bertz CT molecular complexity index is 697. The van der Waals surface area contributed by atoms with Crippen molar-refractivity contribution >= 4 is 40.4 Å². The maximum absolute atomic E-state index is 6.01. The first kappa shape index (κ1) is 16.6. The van der Waals surface area contributed by atoms with Gasteiger partial charge in [-0.3, -0.25) is 0 Å². The van der Waals surface area contributed by atoms with Gasteiger partial charge in [0.1, 0.15) is 17.3 Å². The molecule has 1 heterocycles. The number of likely N-dealkylation sites (tertiary alicyclic amines) is 1. The normalized spacial score (nSPS) is 14.1. The van der Waals surface area contributed by atoms with Gasteiger partial charge in [-0.15, -0.1) is 0 Å². The number of hydrogen-bond donors (Lipinski definition) is 0. The smallest absolute Gasteiger partial charge is 0.119 e. The maximum atomic E-state index is 6.01. The molecule has 0 spiro atoms. The fourth-order valence-corrected chi connectivity index (χ4v) is 3.23.